The Morgan fingerprint density at radius 2 is 1.32 bits per heavy atom. The molecule has 0 aromatic heterocycles. The van der Waals surface area contributed by atoms with Gasteiger partial charge in [0.1, 0.15) is 0 Å². The Kier molecular flexibility index (Phi) is 11.3. The van der Waals surface area contributed by atoms with E-state index in [4.69, 9.17) is 10.8 Å². The summed E-state index contributed by atoms with van der Waals surface area (Å²) in [5.74, 6) is -0.242. The second kappa shape index (κ2) is 12.6. The Balaban J connectivity index is 0.000000385. The molecule has 0 saturated heterocycles. The van der Waals surface area contributed by atoms with Crippen LogP contribution in [-0.4, -0.2) is 17.6 Å². The van der Waals surface area contributed by atoms with Crippen LogP contribution in [0, 0.1) is 0 Å². The first-order chi connectivity index (χ1) is 10.2. The average molecular weight is 302 g/mol. The molecule has 0 aliphatic rings. The summed E-state index contributed by atoms with van der Waals surface area (Å²) < 4.78 is 0. The van der Waals surface area contributed by atoms with Gasteiger partial charge in [0.2, 0.25) is 5.91 Å². The quantitative estimate of drug-likeness (QED) is 0.765. The summed E-state index contributed by atoms with van der Waals surface area (Å²) in [7, 11) is 0. The third-order valence-corrected chi connectivity index (χ3v) is 2.97. The molecule has 0 unspecified atom stereocenters. The molecule has 120 valence electrons. The van der Waals surface area contributed by atoms with Gasteiger partial charge >= 0.3 is 0 Å². The zero-order chi connectivity index (χ0) is 15.3. The third kappa shape index (κ3) is 9.69. The lowest BCUT2D eigenvalue weighted by Gasteiger charge is -1.96. The van der Waals surface area contributed by atoms with Gasteiger partial charge in [-0.2, -0.15) is 0 Å². The van der Waals surface area contributed by atoms with Crippen molar-refractivity contribution in [2.45, 2.75) is 25.7 Å². The number of carbonyl (C=O) groups is 1. The number of aliphatic hydroxyl groups excluding tert-OH is 1. The van der Waals surface area contributed by atoms with Gasteiger partial charge < -0.3 is 17.0 Å². The van der Waals surface area contributed by atoms with Crippen LogP contribution in [0.1, 0.15) is 24.0 Å². The smallest absolute Gasteiger partial charge is 0.217 e. The molecule has 0 bridgehead atoms. The molecule has 1 amide bonds. The van der Waals surface area contributed by atoms with Gasteiger partial charge in [0, 0.05) is 13.0 Å². The lowest BCUT2D eigenvalue weighted by molar-refractivity contribution is -0.117. The second-order valence-electron chi connectivity index (χ2n) is 4.76. The first-order valence-corrected chi connectivity index (χ1v) is 7.19. The number of hydrogen-bond donors (Lipinski definition) is 3. The molecular formula is C18H26N2O2. The molecule has 0 aliphatic heterocycles. The van der Waals surface area contributed by atoms with Crippen LogP contribution < -0.4 is 11.9 Å². The summed E-state index contributed by atoms with van der Waals surface area (Å²) in [5.41, 5.74) is 7.46. The normalized spacial score (nSPS) is 9.14. The average Bonchev–Trinajstić information content (AvgIpc) is 2.53. The summed E-state index contributed by atoms with van der Waals surface area (Å²) in [6.45, 7) is 0.287. The van der Waals surface area contributed by atoms with Crippen LogP contribution in [0.4, 0.5) is 0 Å². The summed E-state index contributed by atoms with van der Waals surface area (Å²) >= 11 is 0. The van der Waals surface area contributed by atoms with Crippen LogP contribution >= 0.6 is 0 Å². The fourth-order valence-corrected chi connectivity index (χ4v) is 1.84. The van der Waals surface area contributed by atoms with Crippen molar-refractivity contribution >= 4 is 5.91 Å². The zero-order valence-corrected chi connectivity index (χ0v) is 12.9. The minimum absolute atomic E-state index is 0. The molecule has 0 spiro atoms. The van der Waals surface area contributed by atoms with Gasteiger partial charge in [-0.1, -0.05) is 60.7 Å². The van der Waals surface area contributed by atoms with Crippen molar-refractivity contribution in [1.29, 1.82) is 0 Å². The van der Waals surface area contributed by atoms with Crippen LogP contribution in [0.15, 0.2) is 60.7 Å². The minimum atomic E-state index is -0.242. The Morgan fingerprint density at radius 3 is 1.73 bits per heavy atom. The molecule has 0 heterocycles. The van der Waals surface area contributed by atoms with Gasteiger partial charge in [0.25, 0.3) is 0 Å². The first kappa shape index (κ1) is 19.8. The standard InChI is InChI=1S/C9H11NO.C9H12O.H3N/c10-9(11)7-6-8-4-2-1-3-5-8;10-8-4-7-9-5-2-1-3-6-9;/h1-5H,6-7H2,(H2,10,11);1-3,5-6,10H,4,7-8H2;1H3. The number of benzene rings is 2. The fraction of sp³-hybridized carbons (Fsp3) is 0.278. The number of nitrogens with two attached hydrogens (primary N) is 1. The molecule has 0 fully saturated rings. The van der Waals surface area contributed by atoms with Crippen molar-refractivity contribution in [2.24, 2.45) is 5.73 Å². The molecule has 2 aromatic rings. The van der Waals surface area contributed by atoms with E-state index >= 15 is 0 Å². The van der Waals surface area contributed by atoms with Crippen molar-refractivity contribution < 1.29 is 9.90 Å². The van der Waals surface area contributed by atoms with E-state index in [9.17, 15) is 4.79 Å². The summed E-state index contributed by atoms with van der Waals surface area (Å²) in [6.07, 6.45) is 3.03. The van der Waals surface area contributed by atoms with Crippen molar-refractivity contribution in [2.75, 3.05) is 6.61 Å². The topological polar surface area (TPSA) is 98.3 Å². The number of rotatable bonds is 6. The molecule has 22 heavy (non-hydrogen) atoms. The molecule has 0 aliphatic carbocycles. The van der Waals surface area contributed by atoms with Gasteiger partial charge in [-0.05, 0) is 30.4 Å². The van der Waals surface area contributed by atoms with E-state index in [0.717, 1.165) is 24.8 Å². The van der Waals surface area contributed by atoms with Crippen molar-refractivity contribution in [1.82, 2.24) is 6.15 Å². The van der Waals surface area contributed by atoms with E-state index in [2.05, 4.69) is 12.1 Å². The summed E-state index contributed by atoms with van der Waals surface area (Å²) in [4.78, 5) is 10.4. The zero-order valence-electron chi connectivity index (χ0n) is 12.9. The Bertz CT molecular complexity index is 501. The Hall–Kier alpha value is -2.17. The predicted molar refractivity (Wildman–Crippen MR) is 90.8 cm³/mol. The van der Waals surface area contributed by atoms with E-state index in [-0.39, 0.29) is 18.7 Å². The highest BCUT2D eigenvalue weighted by atomic mass is 16.2. The molecule has 0 atom stereocenters. The molecule has 2 rings (SSSR count). The number of primary amides is 1. The predicted octanol–water partition coefficient (Wildman–Crippen LogP) is 2.88. The second-order valence-corrected chi connectivity index (χ2v) is 4.76. The highest BCUT2D eigenvalue weighted by molar-refractivity contribution is 5.73. The first-order valence-electron chi connectivity index (χ1n) is 7.19. The van der Waals surface area contributed by atoms with Crippen molar-refractivity contribution in [3.05, 3.63) is 71.8 Å². The van der Waals surface area contributed by atoms with Crippen LogP contribution in [0.3, 0.4) is 0 Å². The molecule has 4 heteroatoms. The van der Waals surface area contributed by atoms with Crippen LogP contribution in [0.5, 0.6) is 0 Å². The van der Waals surface area contributed by atoms with Gasteiger partial charge in [0.15, 0.2) is 0 Å². The van der Waals surface area contributed by atoms with Gasteiger partial charge in [-0.3, -0.25) is 4.79 Å². The van der Waals surface area contributed by atoms with Crippen LogP contribution in [0.2, 0.25) is 0 Å². The Morgan fingerprint density at radius 1 is 0.864 bits per heavy atom. The summed E-state index contributed by atoms with van der Waals surface area (Å²) in [6, 6.07) is 20.0. The van der Waals surface area contributed by atoms with E-state index in [1.54, 1.807) is 0 Å². The maximum atomic E-state index is 10.4. The van der Waals surface area contributed by atoms with Crippen LogP contribution in [0.25, 0.3) is 0 Å². The fourth-order valence-electron chi connectivity index (χ4n) is 1.84. The van der Waals surface area contributed by atoms with E-state index in [1.807, 2.05) is 48.5 Å². The van der Waals surface area contributed by atoms with E-state index in [0.29, 0.717) is 6.42 Å². The monoisotopic (exact) mass is 302 g/mol. The largest absolute Gasteiger partial charge is 0.396 e. The van der Waals surface area contributed by atoms with Gasteiger partial charge in [-0.25, -0.2) is 0 Å². The number of aryl methyl sites for hydroxylation is 2. The number of aliphatic hydroxyl groups is 1. The molecule has 0 saturated carbocycles. The number of hydrogen-bond acceptors (Lipinski definition) is 3. The number of amides is 1. The highest BCUT2D eigenvalue weighted by Crippen LogP contribution is 2.01. The van der Waals surface area contributed by atoms with Crippen molar-refractivity contribution in [3.8, 4) is 0 Å². The molecule has 0 radical (unpaired) electrons. The molecule has 4 nitrogen and oxygen atoms in total. The van der Waals surface area contributed by atoms with E-state index < -0.39 is 0 Å². The number of carbonyl (C=O) groups excluding carboxylic acids is 1. The third-order valence-electron chi connectivity index (χ3n) is 2.97. The van der Waals surface area contributed by atoms with Crippen LogP contribution in [-0.2, 0) is 17.6 Å². The minimum Gasteiger partial charge on any atom is -0.396 e. The highest BCUT2D eigenvalue weighted by Gasteiger charge is 1.94. The molecule has 6 N–H and O–H groups in total. The lowest BCUT2D eigenvalue weighted by atomic mass is 10.1. The SMILES string of the molecule is N.NC(=O)CCc1ccccc1.OCCCc1ccccc1. The maximum absolute atomic E-state index is 10.4. The van der Waals surface area contributed by atoms with E-state index in [1.165, 1.54) is 5.56 Å². The maximum Gasteiger partial charge on any atom is 0.217 e. The Labute approximate surface area is 132 Å². The summed E-state index contributed by atoms with van der Waals surface area (Å²) in [5, 5.41) is 8.53. The van der Waals surface area contributed by atoms with Gasteiger partial charge in [0.05, 0.1) is 0 Å². The van der Waals surface area contributed by atoms with Crippen molar-refractivity contribution in [3.63, 3.8) is 0 Å². The molecule has 2 aromatic carbocycles. The van der Waals surface area contributed by atoms with Gasteiger partial charge in [-0.15, -0.1) is 0 Å². The lowest BCUT2D eigenvalue weighted by Crippen LogP contribution is -2.10. The molecular weight excluding hydrogens is 276 g/mol.